The summed E-state index contributed by atoms with van der Waals surface area (Å²) in [6, 6.07) is 10.2. The van der Waals surface area contributed by atoms with E-state index in [1.807, 2.05) is 6.92 Å². The van der Waals surface area contributed by atoms with E-state index in [0.29, 0.717) is 65.3 Å². The Morgan fingerprint density at radius 1 is 1.24 bits per heavy atom. The van der Waals surface area contributed by atoms with Crippen LogP contribution in [0.1, 0.15) is 59.6 Å². The molecule has 0 spiro atoms. The van der Waals surface area contributed by atoms with Gasteiger partial charge in [-0.15, -0.1) is 0 Å². The number of fused-ring (bicyclic) bond motifs is 4. The number of hydrogen-bond acceptors (Lipinski definition) is 5. The first-order valence-corrected chi connectivity index (χ1v) is 12.5. The fourth-order valence-corrected chi connectivity index (χ4v) is 5.19. The zero-order valence-corrected chi connectivity index (χ0v) is 21.0. The highest BCUT2D eigenvalue weighted by atomic mass is 35.5. The number of aromatic nitrogens is 3. The van der Waals surface area contributed by atoms with Crippen molar-refractivity contribution in [3.63, 3.8) is 0 Å². The smallest absolute Gasteiger partial charge is 0.247 e. The molecule has 2 aliphatic rings. The van der Waals surface area contributed by atoms with Crippen LogP contribution in [0.2, 0.25) is 5.02 Å². The number of halogens is 1. The van der Waals surface area contributed by atoms with Crippen LogP contribution in [0.5, 0.6) is 0 Å². The lowest BCUT2D eigenvalue weighted by Crippen LogP contribution is -2.38. The highest BCUT2D eigenvalue weighted by Gasteiger charge is 2.30. The topological polar surface area (TPSA) is 104 Å². The van der Waals surface area contributed by atoms with Gasteiger partial charge in [0.15, 0.2) is 0 Å². The SMILES string of the molecule is [2H]C([2H])([2H])n1ncc2c1-c1ccnc(c1)[C@@H](N1CCC(c3cc(Cl)ccc3C#N)=CC1=O)CCC[C@@H](C)C(=O)N2. The minimum Gasteiger partial charge on any atom is -0.330 e. The number of nitrogens with one attached hydrogen (secondary N) is 1. The van der Waals surface area contributed by atoms with E-state index < -0.39 is 13.0 Å². The monoisotopic (exact) mass is 517 g/mol. The van der Waals surface area contributed by atoms with E-state index in [9.17, 15) is 14.9 Å². The molecular formula is C28H27ClN6O2. The van der Waals surface area contributed by atoms with Crippen LogP contribution < -0.4 is 5.32 Å². The number of nitrogens with zero attached hydrogens (tertiary/aromatic N) is 5. The third-order valence-corrected chi connectivity index (χ3v) is 7.25. The van der Waals surface area contributed by atoms with E-state index in [1.54, 1.807) is 47.5 Å². The lowest BCUT2D eigenvalue weighted by molar-refractivity contribution is -0.129. The van der Waals surface area contributed by atoms with Crippen molar-refractivity contribution in [1.29, 1.82) is 5.26 Å². The Morgan fingerprint density at radius 3 is 2.89 bits per heavy atom. The van der Waals surface area contributed by atoms with Gasteiger partial charge in [-0.2, -0.15) is 10.4 Å². The van der Waals surface area contributed by atoms with Gasteiger partial charge in [-0.1, -0.05) is 24.9 Å². The summed E-state index contributed by atoms with van der Waals surface area (Å²) >= 11 is 6.18. The average Bonchev–Trinajstić information content (AvgIpc) is 3.35. The van der Waals surface area contributed by atoms with Gasteiger partial charge in [-0.25, -0.2) is 0 Å². The number of nitriles is 1. The summed E-state index contributed by atoms with van der Waals surface area (Å²) in [5.74, 6) is -0.784. The fourth-order valence-electron chi connectivity index (χ4n) is 5.02. The number of benzene rings is 1. The number of amides is 2. The van der Waals surface area contributed by atoms with E-state index in [2.05, 4.69) is 21.5 Å². The van der Waals surface area contributed by atoms with Crippen molar-refractivity contribution < 1.29 is 13.7 Å². The predicted octanol–water partition coefficient (Wildman–Crippen LogP) is 5.12. The maximum Gasteiger partial charge on any atom is 0.247 e. The molecule has 2 atom stereocenters. The molecule has 0 saturated heterocycles. The molecule has 1 N–H and O–H groups in total. The molecule has 0 unspecified atom stereocenters. The zero-order chi connectivity index (χ0) is 28.6. The second-order valence-corrected chi connectivity index (χ2v) is 9.81. The molecule has 2 aromatic heterocycles. The Morgan fingerprint density at radius 2 is 2.11 bits per heavy atom. The second kappa shape index (κ2) is 10.2. The summed E-state index contributed by atoms with van der Waals surface area (Å²) in [7, 11) is 0. The number of hydrogen-bond donors (Lipinski definition) is 1. The van der Waals surface area contributed by atoms with E-state index in [-0.39, 0.29) is 23.4 Å². The van der Waals surface area contributed by atoms with Gasteiger partial charge in [0, 0.05) is 46.4 Å². The maximum absolute atomic E-state index is 13.5. The molecule has 9 heteroatoms. The fraction of sp³-hybridized carbons (Fsp3) is 0.321. The summed E-state index contributed by atoms with van der Waals surface area (Å²) in [4.78, 5) is 32.8. The van der Waals surface area contributed by atoms with Gasteiger partial charge in [-0.3, -0.25) is 19.3 Å². The Hall–Kier alpha value is -3.96. The molecule has 0 aliphatic carbocycles. The van der Waals surface area contributed by atoms with Crippen molar-refractivity contribution >= 4 is 34.7 Å². The summed E-state index contributed by atoms with van der Waals surface area (Å²) < 4.78 is 24.8. The largest absolute Gasteiger partial charge is 0.330 e. The Labute approximate surface area is 224 Å². The van der Waals surface area contributed by atoms with Crippen LogP contribution in [-0.2, 0) is 16.6 Å². The van der Waals surface area contributed by atoms with E-state index in [1.165, 1.54) is 6.20 Å². The maximum atomic E-state index is 13.5. The summed E-state index contributed by atoms with van der Waals surface area (Å²) in [5.41, 5.74) is 3.53. The van der Waals surface area contributed by atoms with Crippen molar-refractivity contribution in [2.24, 2.45) is 12.9 Å². The first kappa shape index (κ1) is 21.2. The minimum atomic E-state index is -2.57. The summed E-state index contributed by atoms with van der Waals surface area (Å²) in [6.45, 7) is -0.357. The van der Waals surface area contributed by atoms with Gasteiger partial charge in [0.05, 0.1) is 40.9 Å². The third kappa shape index (κ3) is 4.87. The second-order valence-electron chi connectivity index (χ2n) is 9.38. The lowest BCUT2D eigenvalue weighted by atomic mass is 9.92. The van der Waals surface area contributed by atoms with E-state index in [0.717, 1.165) is 10.3 Å². The molecule has 2 bridgehead atoms. The van der Waals surface area contributed by atoms with Crippen LogP contribution >= 0.6 is 11.6 Å². The standard InChI is InChI=1S/C28H27ClN6O2/c1-17-4-3-5-25(23-12-19(8-10-31-23)27-24(33-28(17)37)16-32-34(27)2)35-11-9-18(13-26(35)36)22-14-21(29)7-6-20(22)15-30/h6-8,10,12-14,16-17,25H,3-5,9,11H2,1-2H3,(H,33,37)/t17-,25+/m1/s1/i2D3. The molecular weight excluding hydrogens is 488 g/mol. The van der Waals surface area contributed by atoms with Gasteiger partial charge in [0.2, 0.25) is 11.8 Å². The molecule has 2 aliphatic heterocycles. The van der Waals surface area contributed by atoms with Crippen molar-refractivity contribution in [1.82, 2.24) is 19.7 Å². The van der Waals surface area contributed by atoms with E-state index in [4.69, 9.17) is 15.7 Å². The molecule has 37 heavy (non-hydrogen) atoms. The van der Waals surface area contributed by atoms with Crippen LogP contribution in [0, 0.1) is 17.2 Å². The molecule has 0 fully saturated rings. The molecule has 2 amide bonds. The van der Waals surface area contributed by atoms with Crippen LogP contribution in [0.25, 0.3) is 16.8 Å². The summed E-state index contributed by atoms with van der Waals surface area (Å²) in [5, 5.41) is 17.0. The van der Waals surface area contributed by atoms with Gasteiger partial charge in [0.25, 0.3) is 0 Å². The third-order valence-electron chi connectivity index (χ3n) is 7.01. The lowest BCUT2D eigenvalue weighted by Gasteiger charge is -2.34. The van der Waals surface area contributed by atoms with E-state index >= 15 is 0 Å². The highest BCUT2D eigenvalue weighted by Crippen LogP contribution is 2.36. The first-order valence-electron chi connectivity index (χ1n) is 13.6. The van der Waals surface area contributed by atoms with Crippen LogP contribution in [0.4, 0.5) is 5.69 Å². The quantitative estimate of drug-likeness (QED) is 0.508. The normalized spacial score (nSPS) is 21.7. The van der Waals surface area contributed by atoms with Crippen LogP contribution in [0.15, 0.2) is 48.8 Å². The van der Waals surface area contributed by atoms with Crippen LogP contribution in [0.3, 0.4) is 0 Å². The Bertz CT molecular complexity index is 1560. The number of rotatable bonds is 2. The molecule has 0 saturated carbocycles. The van der Waals surface area contributed by atoms with Crippen molar-refractivity contribution in [2.45, 2.75) is 38.6 Å². The predicted molar refractivity (Wildman–Crippen MR) is 141 cm³/mol. The molecule has 8 nitrogen and oxygen atoms in total. The molecule has 0 radical (unpaired) electrons. The van der Waals surface area contributed by atoms with Crippen molar-refractivity contribution in [2.75, 3.05) is 11.9 Å². The number of anilines is 1. The molecule has 4 heterocycles. The number of carbonyl (C=O) groups excluding carboxylic acids is 2. The minimum absolute atomic E-state index is 0.214. The van der Waals surface area contributed by atoms with Gasteiger partial charge < -0.3 is 10.2 Å². The van der Waals surface area contributed by atoms with Crippen LogP contribution in [-0.4, -0.2) is 38.0 Å². The Balaban J connectivity index is 1.56. The number of aryl methyl sites for hydroxylation is 1. The molecule has 188 valence electrons. The average molecular weight is 518 g/mol. The van der Waals surface area contributed by atoms with Crippen molar-refractivity contribution in [3.8, 4) is 17.3 Å². The summed E-state index contributed by atoms with van der Waals surface area (Å²) in [6.07, 6.45) is 6.80. The zero-order valence-electron chi connectivity index (χ0n) is 23.2. The molecule has 5 rings (SSSR count). The molecule has 3 aromatic rings. The Kier molecular flexibility index (Phi) is 5.83. The van der Waals surface area contributed by atoms with Gasteiger partial charge >= 0.3 is 0 Å². The number of pyridine rings is 1. The van der Waals surface area contributed by atoms with Gasteiger partial charge in [-0.05, 0) is 60.7 Å². The van der Waals surface area contributed by atoms with Gasteiger partial charge in [0.1, 0.15) is 0 Å². The van der Waals surface area contributed by atoms with Crippen molar-refractivity contribution in [3.05, 3.63) is 70.6 Å². The highest BCUT2D eigenvalue weighted by molar-refractivity contribution is 6.30. The molecule has 1 aromatic carbocycles. The number of carbonyl (C=O) groups is 2. The first-order chi connectivity index (χ1) is 19.1.